The molecule has 0 bridgehead atoms. The molecule has 1 saturated heterocycles. The molecule has 2 N–H and O–H groups in total. The molecular formula is C8H17NO4. The van der Waals surface area contributed by atoms with Crippen molar-refractivity contribution in [3.8, 4) is 0 Å². The van der Waals surface area contributed by atoms with Crippen molar-refractivity contribution in [1.29, 1.82) is 0 Å². The van der Waals surface area contributed by atoms with Gasteiger partial charge in [-0.1, -0.05) is 0 Å². The normalized spacial score (nSPS) is 20.4. The lowest BCUT2D eigenvalue weighted by Crippen LogP contribution is -2.52. The first-order valence-electron chi connectivity index (χ1n) is 4.25. The van der Waals surface area contributed by atoms with Gasteiger partial charge in [0.05, 0.1) is 33.2 Å². The number of likely N-dealkylation sites (N-methyl/N-ethyl adjacent to an activating group) is 1. The molecule has 78 valence electrons. The third-order valence-corrected chi connectivity index (χ3v) is 2.42. The van der Waals surface area contributed by atoms with E-state index in [4.69, 9.17) is 9.84 Å². The third kappa shape index (κ3) is 4.21. The van der Waals surface area contributed by atoms with Crippen LogP contribution in [0, 0.1) is 0 Å². The predicted octanol–water partition coefficient (Wildman–Crippen LogP) is -0.239. The van der Waals surface area contributed by atoms with Gasteiger partial charge in [0, 0.05) is 0 Å². The molecule has 0 amide bonds. The molecule has 1 aliphatic rings. The van der Waals surface area contributed by atoms with Gasteiger partial charge in [0.1, 0.15) is 13.1 Å². The SMILES string of the molecule is C[N+]1(CCC(=O)O)CCOCC1.[OH-]. The number of morpholine rings is 1. The Morgan fingerprint density at radius 3 is 2.46 bits per heavy atom. The molecule has 5 heteroatoms. The summed E-state index contributed by atoms with van der Waals surface area (Å²) in [5.41, 5.74) is 0. The number of ether oxygens (including phenoxy) is 1. The first-order valence-corrected chi connectivity index (χ1v) is 4.25. The zero-order valence-electron chi connectivity index (χ0n) is 7.90. The van der Waals surface area contributed by atoms with Crippen molar-refractivity contribution in [2.45, 2.75) is 6.42 Å². The fourth-order valence-electron chi connectivity index (χ4n) is 1.37. The summed E-state index contributed by atoms with van der Waals surface area (Å²) in [6.07, 6.45) is 0.260. The maximum absolute atomic E-state index is 10.3. The number of quaternary nitrogens is 1. The highest BCUT2D eigenvalue weighted by atomic mass is 16.5. The van der Waals surface area contributed by atoms with Gasteiger partial charge in [-0.2, -0.15) is 0 Å². The Labute approximate surface area is 77.8 Å². The smallest absolute Gasteiger partial charge is 0.309 e. The van der Waals surface area contributed by atoms with E-state index in [9.17, 15) is 4.79 Å². The van der Waals surface area contributed by atoms with E-state index in [0.29, 0.717) is 0 Å². The van der Waals surface area contributed by atoms with Crippen LogP contribution in [0.2, 0.25) is 0 Å². The van der Waals surface area contributed by atoms with Crippen LogP contribution in [0.4, 0.5) is 0 Å². The fraction of sp³-hybridized carbons (Fsp3) is 0.875. The Balaban J connectivity index is 0.00000144. The molecule has 1 rings (SSSR count). The van der Waals surface area contributed by atoms with E-state index in [2.05, 4.69) is 7.05 Å². The number of carboxylic acid groups (broad SMARTS) is 1. The zero-order chi connectivity index (χ0) is 9.03. The van der Waals surface area contributed by atoms with E-state index in [0.717, 1.165) is 37.3 Å². The van der Waals surface area contributed by atoms with Crippen molar-refractivity contribution in [1.82, 2.24) is 0 Å². The lowest BCUT2D eigenvalue weighted by atomic mass is 10.3. The number of aliphatic carboxylic acids is 1. The fourth-order valence-corrected chi connectivity index (χ4v) is 1.37. The molecule has 0 spiro atoms. The first-order chi connectivity index (χ1) is 5.62. The summed E-state index contributed by atoms with van der Waals surface area (Å²) in [5.74, 6) is -0.708. The van der Waals surface area contributed by atoms with Crippen LogP contribution in [0.1, 0.15) is 6.42 Å². The summed E-state index contributed by atoms with van der Waals surface area (Å²) in [6, 6.07) is 0. The summed E-state index contributed by atoms with van der Waals surface area (Å²) in [4.78, 5) is 10.3. The Kier molecular flexibility index (Phi) is 4.90. The van der Waals surface area contributed by atoms with Gasteiger partial charge in [0.25, 0.3) is 0 Å². The molecule has 0 saturated carbocycles. The lowest BCUT2D eigenvalue weighted by Gasteiger charge is -2.37. The highest BCUT2D eigenvalue weighted by molar-refractivity contribution is 5.66. The van der Waals surface area contributed by atoms with Gasteiger partial charge in [-0.3, -0.25) is 4.79 Å². The quantitative estimate of drug-likeness (QED) is 0.625. The monoisotopic (exact) mass is 191 g/mol. The minimum Gasteiger partial charge on any atom is -0.870 e. The topological polar surface area (TPSA) is 76.5 Å². The van der Waals surface area contributed by atoms with Gasteiger partial charge >= 0.3 is 5.97 Å². The second-order valence-electron chi connectivity index (χ2n) is 3.55. The van der Waals surface area contributed by atoms with E-state index in [1.807, 2.05) is 0 Å². The number of hydrogen-bond acceptors (Lipinski definition) is 3. The van der Waals surface area contributed by atoms with E-state index >= 15 is 0 Å². The third-order valence-electron chi connectivity index (χ3n) is 2.42. The minimum atomic E-state index is -0.708. The van der Waals surface area contributed by atoms with Crippen LogP contribution in [0.5, 0.6) is 0 Å². The molecule has 0 radical (unpaired) electrons. The van der Waals surface area contributed by atoms with Gasteiger partial charge in [-0.05, 0) is 0 Å². The van der Waals surface area contributed by atoms with Gasteiger partial charge in [-0.25, -0.2) is 0 Å². The van der Waals surface area contributed by atoms with E-state index in [1.54, 1.807) is 0 Å². The molecule has 1 fully saturated rings. The standard InChI is InChI=1S/C8H15NO3.H2O/c1-9(3-2-8(10)11)4-6-12-7-5-9;/h2-7H2,1H3;1H2. The Hall–Kier alpha value is -0.650. The molecule has 0 atom stereocenters. The van der Waals surface area contributed by atoms with E-state index < -0.39 is 5.97 Å². The summed E-state index contributed by atoms with van der Waals surface area (Å²) in [5, 5.41) is 8.52. The van der Waals surface area contributed by atoms with Crippen molar-refractivity contribution in [2.75, 3.05) is 39.9 Å². The van der Waals surface area contributed by atoms with E-state index in [-0.39, 0.29) is 11.9 Å². The van der Waals surface area contributed by atoms with Crippen LogP contribution < -0.4 is 0 Å². The van der Waals surface area contributed by atoms with Crippen LogP contribution in [0.25, 0.3) is 0 Å². The maximum Gasteiger partial charge on any atom is 0.309 e. The highest BCUT2D eigenvalue weighted by Crippen LogP contribution is 2.08. The van der Waals surface area contributed by atoms with Gasteiger partial charge in [0.15, 0.2) is 0 Å². The molecule has 5 nitrogen and oxygen atoms in total. The molecule has 1 aliphatic heterocycles. The molecule has 0 unspecified atom stereocenters. The number of carboxylic acids is 1. The van der Waals surface area contributed by atoms with Crippen LogP contribution in [0.15, 0.2) is 0 Å². The number of hydrogen-bond donors (Lipinski definition) is 1. The maximum atomic E-state index is 10.3. The molecule has 0 aliphatic carbocycles. The average Bonchev–Trinajstić information content (AvgIpc) is 2.03. The second-order valence-corrected chi connectivity index (χ2v) is 3.55. The summed E-state index contributed by atoms with van der Waals surface area (Å²) >= 11 is 0. The van der Waals surface area contributed by atoms with Gasteiger partial charge in [-0.15, -0.1) is 0 Å². The van der Waals surface area contributed by atoms with Crippen molar-refractivity contribution in [2.24, 2.45) is 0 Å². The van der Waals surface area contributed by atoms with Gasteiger partial charge < -0.3 is 19.8 Å². The number of nitrogens with zero attached hydrogens (tertiary/aromatic N) is 1. The van der Waals surface area contributed by atoms with E-state index in [1.165, 1.54) is 0 Å². The highest BCUT2D eigenvalue weighted by Gasteiger charge is 2.25. The summed E-state index contributed by atoms with van der Waals surface area (Å²) in [6.45, 7) is 4.12. The van der Waals surface area contributed by atoms with Crippen molar-refractivity contribution >= 4 is 5.97 Å². The molecule has 0 aromatic carbocycles. The Morgan fingerprint density at radius 1 is 1.46 bits per heavy atom. The lowest BCUT2D eigenvalue weighted by molar-refractivity contribution is -0.916. The zero-order valence-corrected chi connectivity index (χ0v) is 7.90. The molecule has 13 heavy (non-hydrogen) atoms. The summed E-state index contributed by atoms with van der Waals surface area (Å²) < 4.78 is 6.05. The van der Waals surface area contributed by atoms with Crippen molar-refractivity contribution in [3.63, 3.8) is 0 Å². The molecule has 1 heterocycles. The van der Waals surface area contributed by atoms with Crippen molar-refractivity contribution < 1.29 is 24.6 Å². The van der Waals surface area contributed by atoms with Gasteiger partial charge in [0.2, 0.25) is 0 Å². The molecule has 0 aromatic rings. The Bertz CT molecular complexity index is 166. The van der Waals surface area contributed by atoms with Crippen LogP contribution in [0.3, 0.4) is 0 Å². The average molecular weight is 191 g/mol. The molecule has 0 aromatic heterocycles. The van der Waals surface area contributed by atoms with Crippen LogP contribution in [-0.4, -0.2) is 60.9 Å². The van der Waals surface area contributed by atoms with Crippen LogP contribution >= 0.6 is 0 Å². The summed E-state index contributed by atoms with van der Waals surface area (Å²) in [7, 11) is 2.09. The predicted molar refractivity (Wildman–Crippen MR) is 45.8 cm³/mol. The Morgan fingerprint density at radius 2 is 2.00 bits per heavy atom. The number of carbonyl (C=O) groups is 1. The van der Waals surface area contributed by atoms with Crippen LogP contribution in [-0.2, 0) is 9.53 Å². The molecular weight excluding hydrogens is 174 g/mol. The number of rotatable bonds is 3. The second kappa shape index (κ2) is 5.16. The van der Waals surface area contributed by atoms with Crippen molar-refractivity contribution in [3.05, 3.63) is 0 Å². The minimum absolute atomic E-state index is 0. The first kappa shape index (κ1) is 12.3. The largest absolute Gasteiger partial charge is 0.870 e.